The number of benzene rings is 2. The van der Waals surface area contributed by atoms with E-state index in [1.165, 1.54) is 13.2 Å². The fourth-order valence-corrected chi connectivity index (χ4v) is 5.66. The monoisotopic (exact) mass is 503 g/mol. The highest BCUT2D eigenvalue weighted by atomic mass is 32.1. The Morgan fingerprint density at radius 2 is 1.89 bits per heavy atom. The average molecular weight is 504 g/mol. The Bertz CT molecular complexity index is 1460. The summed E-state index contributed by atoms with van der Waals surface area (Å²) in [5.41, 5.74) is 4.80. The van der Waals surface area contributed by atoms with Gasteiger partial charge in [-0.2, -0.15) is 0 Å². The predicted molar refractivity (Wildman–Crippen MR) is 144 cm³/mol. The van der Waals surface area contributed by atoms with Crippen LogP contribution in [0.3, 0.4) is 0 Å². The normalized spacial score (nSPS) is 12.0. The fraction of sp³-hybridized carbons (Fsp3) is 0.321. The molecule has 0 aliphatic heterocycles. The van der Waals surface area contributed by atoms with Crippen LogP contribution in [-0.4, -0.2) is 28.0 Å². The number of rotatable bonds is 8. The Labute approximate surface area is 214 Å². The highest BCUT2D eigenvalue weighted by Gasteiger charge is 2.27. The summed E-state index contributed by atoms with van der Waals surface area (Å²) in [5, 5.41) is 14.1. The van der Waals surface area contributed by atoms with Gasteiger partial charge in [0.25, 0.3) is 5.69 Å². The summed E-state index contributed by atoms with van der Waals surface area (Å²) in [5.74, 6) is -0.511. The molecular weight excluding hydrogens is 474 g/mol. The lowest BCUT2D eigenvalue weighted by Crippen LogP contribution is -2.08. The number of nitro benzene ring substituents is 1. The number of thiazole rings is 1. The minimum atomic E-state index is -0.582. The van der Waals surface area contributed by atoms with Crippen molar-refractivity contribution < 1.29 is 14.5 Å². The van der Waals surface area contributed by atoms with Crippen molar-refractivity contribution in [1.29, 1.82) is 0 Å². The zero-order valence-electron chi connectivity index (χ0n) is 21.1. The van der Waals surface area contributed by atoms with Crippen molar-refractivity contribution in [3.05, 3.63) is 74.4 Å². The molecule has 4 aromatic rings. The molecule has 2 aromatic heterocycles. The van der Waals surface area contributed by atoms with Gasteiger partial charge in [-0.25, -0.2) is 14.8 Å². The van der Waals surface area contributed by atoms with Crippen LogP contribution in [0.2, 0.25) is 0 Å². The number of carbonyl (C=O) groups is 1. The highest BCUT2D eigenvalue weighted by molar-refractivity contribution is 7.15. The van der Waals surface area contributed by atoms with Crippen LogP contribution in [-0.2, 0) is 4.74 Å². The third-order valence-electron chi connectivity index (χ3n) is 6.45. The summed E-state index contributed by atoms with van der Waals surface area (Å²) in [7, 11) is 1.28. The van der Waals surface area contributed by atoms with E-state index in [9.17, 15) is 14.9 Å². The maximum Gasteiger partial charge on any atom is 0.338 e. The van der Waals surface area contributed by atoms with Crippen molar-refractivity contribution in [2.75, 3.05) is 7.11 Å². The molecule has 4 rings (SSSR count). The molecular formula is C28H29N3O4S. The summed E-state index contributed by atoms with van der Waals surface area (Å²) in [6.45, 7) is 8.11. The van der Waals surface area contributed by atoms with Gasteiger partial charge in [0.2, 0.25) is 0 Å². The van der Waals surface area contributed by atoms with E-state index in [1.54, 1.807) is 17.4 Å². The number of fused-ring (bicyclic) bond motifs is 1. The maximum atomic E-state index is 12.3. The Balaban J connectivity index is 1.92. The van der Waals surface area contributed by atoms with Crippen LogP contribution >= 0.6 is 11.3 Å². The number of ether oxygens (including phenoxy) is 1. The number of aromatic nitrogens is 2. The molecule has 0 N–H and O–H groups in total. The summed E-state index contributed by atoms with van der Waals surface area (Å²) in [4.78, 5) is 34.5. The number of aryl methyl sites for hydroxylation is 2. The van der Waals surface area contributed by atoms with Crippen LogP contribution in [0.15, 0.2) is 42.5 Å². The third kappa shape index (κ3) is 4.86. The number of nitrogens with zero attached hydrogens (tertiary/aromatic N) is 3. The van der Waals surface area contributed by atoms with Gasteiger partial charge in [0.05, 0.1) is 49.9 Å². The van der Waals surface area contributed by atoms with E-state index in [2.05, 4.69) is 18.8 Å². The van der Waals surface area contributed by atoms with Crippen LogP contribution in [0.5, 0.6) is 0 Å². The van der Waals surface area contributed by atoms with Gasteiger partial charge in [0.15, 0.2) is 0 Å². The van der Waals surface area contributed by atoms with Crippen molar-refractivity contribution in [2.24, 2.45) is 0 Å². The molecule has 0 aliphatic rings. The molecule has 0 aliphatic carbocycles. The average Bonchev–Trinajstić information content (AvgIpc) is 3.22. The van der Waals surface area contributed by atoms with E-state index in [-0.39, 0.29) is 17.2 Å². The third-order valence-corrected chi connectivity index (χ3v) is 7.55. The van der Waals surface area contributed by atoms with Gasteiger partial charge in [-0.15, -0.1) is 11.3 Å². The molecule has 8 heteroatoms. The van der Waals surface area contributed by atoms with E-state index in [0.717, 1.165) is 62.6 Å². The first kappa shape index (κ1) is 25.4. The predicted octanol–water partition coefficient (Wildman–Crippen LogP) is 7.63. The number of carbonyl (C=O) groups excluding carboxylic acids is 1. The van der Waals surface area contributed by atoms with Crippen molar-refractivity contribution >= 4 is 33.9 Å². The van der Waals surface area contributed by atoms with E-state index in [4.69, 9.17) is 9.72 Å². The molecule has 0 radical (unpaired) electrons. The molecule has 36 heavy (non-hydrogen) atoms. The first-order valence-electron chi connectivity index (χ1n) is 12.0. The van der Waals surface area contributed by atoms with Gasteiger partial charge in [-0.05, 0) is 68.0 Å². The van der Waals surface area contributed by atoms with Gasteiger partial charge >= 0.3 is 5.97 Å². The SMILES string of the molecule is CCCC(CC)c1cc(C(=O)OC)cc([N+](=O)[O-])c1-c1ccc2nc(-c3sc(C)nc3C)ccc2c1. The van der Waals surface area contributed by atoms with Gasteiger partial charge in [-0.1, -0.05) is 32.4 Å². The van der Waals surface area contributed by atoms with Gasteiger partial charge in [0, 0.05) is 11.5 Å². The molecule has 2 heterocycles. The maximum absolute atomic E-state index is 12.3. The smallest absolute Gasteiger partial charge is 0.338 e. The quantitative estimate of drug-likeness (QED) is 0.139. The molecule has 1 atom stereocenters. The van der Waals surface area contributed by atoms with Crippen LogP contribution in [0, 0.1) is 24.0 Å². The highest BCUT2D eigenvalue weighted by Crippen LogP contribution is 2.42. The van der Waals surface area contributed by atoms with Crippen molar-refractivity contribution in [1.82, 2.24) is 9.97 Å². The lowest BCUT2D eigenvalue weighted by molar-refractivity contribution is -0.384. The zero-order valence-corrected chi connectivity index (χ0v) is 21.9. The second kappa shape index (κ2) is 10.5. The van der Waals surface area contributed by atoms with Gasteiger partial charge in [0.1, 0.15) is 0 Å². The minimum Gasteiger partial charge on any atom is -0.465 e. The Hall–Kier alpha value is -3.65. The number of hydrogen-bond donors (Lipinski definition) is 0. The molecule has 0 saturated heterocycles. The number of pyridine rings is 1. The van der Waals surface area contributed by atoms with Crippen molar-refractivity contribution in [3.8, 4) is 21.7 Å². The molecule has 0 saturated carbocycles. The molecule has 0 bridgehead atoms. The van der Waals surface area contributed by atoms with Crippen molar-refractivity contribution in [2.45, 2.75) is 52.9 Å². The lowest BCUT2D eigenvalue weighted by Gasteiger charge is -2.20. The topological polar surface area (TPSA) is 95.2 Å². The molecule has 2 aromatic carbocycles. The number of nitro groups is 1. The Morgan fingerprint density at radius 1 is 1.11 bits per heavy atom. The van der Waals surface area contributed by atoms with Gasteiger partial charge in [-0.3, -0.25) is 10.1 Å². The minimum absolute atomic E-state index is 0.0713. The van der Waals surface area contributed by atoms with E-state index >= 15 is 0 Å². The molecule has 0 amide bonds. The summed E-state index contributed by atoms with van der Waals surface area (Å²) >= 11 is 1.61. The zero-order chi connectivity index (χ0) is 26.0. The molecule has 7 nitrogen and oxygen atoms in total. The molecule has 0 fully saturated rings. The lowest BCUT2D eigenvalue weighted by atomic mass is 9.84. The van der Waals surface area contributed by atoms with Crippen LogP contribution < -0.4 is 0 Å². The number of methoxy groups -OCH3 is 1. The van der Waals surface area contributed by atoms with E-state index in [0.29, 0.717) is 5.56 Å². The Kier molecular flexibility index (Phi) is 7.45. The Morgan fingerprint density at radius 3 is 2.50 bits per heavy atom. The summed E-state index contributed by atoms with van der Waals surface area (Å²) < 4.78 is 4.89. The molecule has 186 valence electrons. The van der Waals surface area contributed by atoms with E-state index < -0.39 is 10.9 Å². The summed E-state index contributed by atoms with van der Waals surface area (Å²) in [6.07, 6.45) is 2.58. The first-order valence-corrected chi connectivity index (χ1v) is 12.8. The largest absolute Gasteiger partial charge is 0.465 e. The number of hydrogen-bond acceptors (Lipinski definition) is 7. The number of esters is 1. The fourth-order valence-electron chi connectivity index (χ4n) is 4.77. The van der Waals surface area contributed by atoms with Crippen molar-refractivity contribution in [3.63, 3.8) is 0 Å². The standard InChI is InChI=1S/C28H29N3O4S/c1-6-8-18(7-2)22-14-21(28(32)35-5)15-25(31(33)34)26(22)20-10-11-23-19(13-20)9-12-24(30-23)27-16(3)29-17(4)36-27/h9-15,18H,6-8H2,1-5H3. The molecule has 1 unspecified atom stereocenters. The molecule has 0 spiro atoms. The second-order valence-corrected chi connectivity index (χ2v) is 10.1. The second-order valence-electron chi connectivity index (χ2n) is 8.85. The van der Waals surface area contributed by atoms with Crippen LogP contribution in [0.25, 0.3) is 32.6 Å². The summed E-state index contributed by atoms with van der Waals surface area (Å²) in [6, 6.07) is 12.8. The van der Waals surface area contributed by atoms with Crippen LogP contribution in [0.1, 0.15) is 65.7 Å². The van der Waals surface area contributed by atoms with Crippen LogP contribution in [0.4, 0.5) is 5.69 Å². The van der Waals surface area contributed by atoms with E-state index in [1.807, 2.05) is 44.2 Å². The van der Waals surface area contributed by atoms with Gasteiger partial charge < -0.3 is 4.74 Å². The first-order chi connectivity index (χ1) is 17.3.